The molecule has 0 unspecified atom stereocenters. The van der Waals surface area contributed by atoms with Gasteiger partial charge in [-0.3, -0.25) is 20.2 Å². The van der Waals surface area contributed by atoms with Crippen LogP contribution in [0.4, 0.5) is 16.2 Å². The normalized spacial score (nSPS) is 17.5. The molecular weight excluding hydrogens is 630 g/mol. The fourth-order valence-electron chi connectivity index (χ4n) is 5.91. The molecule has 0 radical (unpaired) electrons. The SMILES string of the molecule is CNc1cc2c(cc1C(=O)N(C(C)C)[C@@H]1CCCN(OC(=O)C(C)(C)C)C1)N(CCNC(=O)OCc1ccccc1)C(=O)C(NC)(NC)O2. The van der Waals surface area contributed by atoms with Gasteiger partial charge in [0.1, 0.15) is 12.4 Å². The Kier molecular flexibility index (Phi) is 12.1. The second-order valence-electron chi connectivity index (χ2n) is 13.5. The number of carbonyl (C=O) groups is 4. The number of carbonyl (C=O) groups excluding carboxylic acids is 4. The molecule has 0 bridgehead atoms. The zero-order valence-electron chi connectivity index (χ0n) is 29.8. The van der Waals surface area contributed by atoms with E-state index >= 15 is 0 Å². The Morgan fingerprint density at radius 2 is 1.78 bits per heavy atom. The molecule has 1 fully saturated rings. The van der Waals surface area contributed by atoms with Gasteiger partial charge in [-0.25, -0.2) is 9.59 Å². The number of benzene rings is 2. The van der Waals surface area contributed by atoms with Crippen molar-refractivity contribution in [1.29, 1.82) is 0 Å². The molecule has 1 saturated heterocycles. The molecule has 0 saturated carbocycles. The number of anilines is 2. The number of nitrogens with one attached hydrogen (secondary N) is 4. The van der Waals surface area contributed by atoms with E-state index in [9.17, 15) is 19.2 Å². The summed E-state index contributed by atoms with van der Waals surface area (Å²) in [5, 5.41) is 13.3. The third kappa shape index (κ3) is 8.61. The molecule has 49 heavy (non-hydrogen) atoms. The highest BCUT2D eigenvalue weighted by molar-refractivity contribution is 6.07. The van der Waals surface area contributed by atoms with Gasteiger partial charge in [-0.15, -0.1) is 5.06 Å². The summed E-state index contributed by atoms with van der Waals surface area (Å²) in [6.45, 7) is 10.5. The van der Waals surface area contributed by atoms with Gasteiger partial charge in [-0.2, -0.15) is 0 Å². The van der Waals surface area contributed by atoms with Gasteiger partial charge in [-0.05, 0) is 73.2 Å². The van der Waals surface area contributed by atoms with E-state index in [1.54, 1.807) is 59.1 Å². The number of amides is 3. The number of hydroxylamine groups is 2. The van der Waals surface area contributed by atoms with Crippen LogP contribution in [0.3, 0.4) is 0 Å². The van der Waals surface area contributed by atoms with Crippen molar-refractivity contribution in [3.05, 3.63) is 53.6 Å². The first-order valence-corrected chi connectivity index (χ1v) is 16.7. The van der Waals surface area contributed by atoms with Crippen molar-refractivity contribution >= 4 is 35.3 Å². The Balaban J connectivity index is 1.60. The van der Waals surface area contributed by atoms with E-state index in [2.05, 4.69) is 21.3 Å². The van der Waals surface area contributed by atoms with Crippen LogP contribution in [-0.4, -0.2) is 99.1 Å². The number of hydrogen-bond acceptors (Lipinski definition) is 11. The lowest BCUT2D eigenvalue weighted by atomic mass is 9.97. The monoisotopic (exact) mass is 681 g/mol. The Labute approximate surface area is 288 Å². The first-order chi connectivity index (χ1) is 23.2. The Hall–Kier alpha value is -4.40. The molecule has 4 N–H and O–H groups in total. The average molecular weight is 682 g/mol. The summed E-state index contributed by atoms with van der Waals surface area (Å²) in [7, 11) is 4.91. The summed E-state index contributed by atoms with van der Waals surface area (Å²) >= 11 is 0. The molecule has 1 atom stereocenters. The molecule has 0 aromatic heterocycles. The molecule has 0 aliphatic carbocycles. The smallest absolute Gasteiger partial charge is 0.407 e. The Bertz CT molecular complexity index is 1490. The highest BCUT2D eigenvalue weighted by Gasteiger charge is 2.47. The van der Waals surface area contributed by atoms with Crippen molar-refractivity contribution in [2.45, 2.75) is 72.0 Å². The quantitative estimate of drug-likeness (QED) is 0.244. The molecule has 268 valence electrons. The van der Waals surface area contributed by atoms with Gasteiger partial charge < -0.3 is 34.7 Å². The first kappa shape index (κ1) is 37.4. The van der Waals surface area contributed by atoms with Crippen LogP contribution < -0.4 is 30.9 Å². The van der Waals surface area contributed by atoms with E-state index < -0.39 is 23.3 Å². The largest absolute Gasteiger partial charge is 0.448 e. The maximum atomic E-state index is 14.5. The van der Waals surface area contributed by atoms with Crippen molar-refractivity contribution in [3.8, 4) is 5.75 Å². The van der Waals surface area contributed by atoms with Gasteiger partial charge in [0.2, 0.25) is 0 Å². The predicted molar refractivity (Wildman–Crippen MR) is 186 cm³/mol. The van der Waals surface area contributed by atoms with Crippen LogP contribution in [-0.2, 0) is 25.8 Å². The van der Waals surface area contributed by atoms with Gasteiger partial charge in [0.05, 0.1) is 28.9 Å². The van der Waals surface area contributed by atoms with E-state index in [1.165, 1.54) is 4.90 Å². The molecular formula is C35H51N7O7. The average Bonchev–Trinajstić information content (AvgIpc) is 3.07. The molecule has 3 amide bonds. The minimum Gasteiger partial charge on any atom is -0.448 e. The summed E-state index contributed by atoms with van der Waals surface area (Å²) in [5.41, 5.74) is 1.42. The van der Waals surface area contributed by atoms with Crippen LogP contribution >= 0.6 is 0 Å². The maximum absolute atomic E-state index is 14.5. The van der Waals surface area contributed by atoms with Crippen LogP contribution in [0.15, 0.2) is 42.5 Å². The van der Waals surface area contributed by atoms with E-state index in [0.717, 1.165) is 18.4 Å². The molecule has 2 aliphatic heterocycles. The molecule has 0 spiro atoms. The van der Waals surface area contributed by atoms with Crippen molar-refractivity contribution < 1.29 is 33.5 Å². The van der Waals surface area contributed by atoms with Crippen LogP contribution in [0.1, 0.15) is 63.4 Å². The number of ether oxygens (including phenoxy) is 2. The number of nitrogens with zero attached hydrogens (tertiary/aromatic N) is 3. The topological polar surface area (TPSA) is 154 Å². The summed E-state index contributed by atoms with van der Waals surface area (Å²) in [4.78, 5) is 62.6. The van der Waals surface area contributed by atoms with Crippen LogP contribution in [0.25, 0.3) is 0 Å². The molecule has 2 aromatic carbocycles. The van der Waals surface area contributed by atoms with Crippen LogP contribution in [0.5, 0.6) is 5.75 Å². The van der Waals surface area contributed by atoms with Crippen molar-refractivity contribution in [2.24, 2.45) is 5.41 Å². The van der Waals surface area contributed by atoms with Crippen molar-refractivity contribution in [1.82, 2.24) is 25.9 Å². The molecule has 2 aliphatic rings. The first-order valence-electron chi connectivity index (χ1n) is 16.7. The fraction of sp³-hybridized carbons (Fsp3) is 0.543. The van der Waals surface area contributed by atoms with E-state index in [0.29, 0.717) is 35.8 Å². The number of fused-ring (bicyclic) bond motifs is 1. The van der Waals surface area contributed by atoms with Gasteiger partial charge in [0.15, 0.2) is 0 Å². The third-order valence-corrected chi connectivity index (χ3v) is 8.59. The lowest BCUT2D eigenvalue weighted by Gasteiger charge is -2.43. The van der Waals surface area contributed by atoms with E-state index in [-0.39, 0.29) is 43.7 Å². The van der Waals surface area contributed by atoms with E-state index in [1.807, 2.05) is 49.1 Å². The molecule has 4 rings (SSSR count). The fourth-order valence-corrected chi connectivity index (χ4v) is 5.91. The summed E-state index contributed by atoms with van der Waals surface area (Å²) in [6, 6.07) is 12.3. The zero-order chi connectivity index (χ0) is 35.9. The summed E-state index contributed by atoms with van der Waals surface area (Å²) < 4.78 is 11.5. The maximum Gasteiger partial charge on any atom is 0.407 e. The second-order valence-corrected chi connectivity index (χ2v) is 13.5. The van der Waals surface area contributed by atoms with E-state index in [4.69, 9.17) is 14.3 Å². The minimum absolute atomic E-state index is 0.0674. The van der Waals surface area contributed by atoms with Gasteiger partial charge in [-0.1, -0.05) is 30.3 Å². The number of rotatable bonds is 12. The van der Waals surface area contributed by atoms with Gasteiger partial charge >= 0.3 is 18.0 Å². The minimum atomic E-state index is -1.59. The lowest BCUT2D eigenvalue weighted by Crippen LogP contribution is -2.70. The van der Waals surface area contributed by atoms with Crippen molar-refractivity contribution in [3.63, 3.8) is 0 Å². The van der Waals surface area contributed by atoms with Gasteiger partial charge in [0.25, 0.3) is 11.8 Å². The van der Waals surface area contributed by atoms with Crippen LogP contribution in [0.2, 0.25) is 0 Å². The lowest BCUT2D eigenvalue weighted by molar-refractivity contribution is -0.208. The number of alkyl carbamates (subject to hydrolysis) is 1. The Morgan fingerprint density at radius 1 is 1.08 bits per heavy atom. The Morgan fingerprint density at radius 3 is 2.39 bits per heavy atom. The zero-order valence-corrected chi connectivity index (χ0v) is 29.8. The number of likely N-dealkylation sites (N-methyl/N-ethyl adjacent to an activating group) is 2. The standard InChI is InChI=1S/C35H51N7O7/c1-23(2)42(25-15-12-17-40(21-25)49-32(45)34(3,4)5)30(43)26-19-28-29(20-27(26)36-6)48-35(37-7,38-8)31(44)41(28)18-16-39-33(46)47-22-24-13-10-9-11-14-24/h9-11,13-14,19-20,23,25,36-38H,12,15-18,21-22H2,1-8H3,(H,39,46)/t25-/m1/s1. The van der Waals surface area contributed by atoms with Crippen LogP contribution in [0, 0.1) is 5.41 Å². The number of piperidine rings is 1. The summed E-state index contributed by atoms with van der Waals surface area (Å²) in [6.07, 6.45) is 0.858. The molecule has 14 nitrogen and oxygen atoms in total. The third-order valence-electron chi connectivity index (χ3n) is 8.59. The molecule has 14 heteroatoms. The van der Waals surface area contributed by atoms with Gasteiger partial charge in [0, 0.05) is 44.8 Å². The van der Waals surface area contributed by atoms with Crippen molar-refractivity contribution in [2.75, 3.05) is 57.5 Å². The molecule has 2 aromatic rings. The summed E-state index contributed by atoms with van der Waals surface area (Å²) in [5.74, 6) is -2.26. The second kappa shape index (κ2) is 15.9. The number of hydrogen-bond donors (Lipinski definition) is 4. The predicted octanol–water partition coefficient (Wildman–Crippen LogP) is 3.29. The highest BCUT2D eigenvalue weighted by atomic mass is 16.7. The molecule has 2 heterocycles. The highest BCUT2D eigenvalue weighted by Crippen LogP contribution is 2.41.